The lowest BCUT2D eigenvalue weighted by Gasteiger charge is -2.10. The van der Waals surface area contributed by atoms with E-state index < -0.39 is 16.0 Å². The number of nitro benzene ring substituents is 1. The topological polar surface area (TPSA) is 139 Å². The highest BCUT2D eigenvalue weighted by Crippen LogP contribution is 2.15. The van der Waals surface area contributed by atoms with Crippen LogP contribution in [0.4, 0.5) is 11.4 Å². The Labute approximate surface area is 164 Å². The number of nitrogens with zero attached hydrogens (tertiary/aromatic N) is 2. The summed E-state index contributed by atoms with van der Waals surface area (Å²) >= 11 is 0. The first-order chi connectivity index (χ1) is 13.9. The van der Waals surface area contributed by atoms with Crippen LogP contribution in [0.2, 0.25) is 0 Å². The van der Waals surface area contributed by atoms with Gasteiger partial charge < -0.3 is 20.2 Å². The molecule has 0 bridgehead atoms. The van der Waals surface area contributed by atoms with E-state index in [0.29, 0.717) is 41.9 Å². The molecule has 1 heterocycles. The fourth-order valence-electron chi connectivity index (χ4n) is 2.92. The predicted octanol–water partition coefficient (Wildman–Crippen LogP) is 1.46. The van der Waals surface area contributed by atoms with Crippen molar-refractivity contribution in [3.05, 3.63) is 78.8 Å². The average molecular weight is 397 g/mol. The summed E-state index contributed by atoms with van der Waals surface area (Å²) in [5.74, 6) is -0.326. The van der Waals surface area contributed by atoms with E-state index in [1.807, 2.05) is 0 Å². The van der Waals surface area contributed by atoms with Gasteiger partial charge in [-0.3, -0.25) is 24.5 Å². The van der Waals surface area contributed by atoms with Crippen molar-refractivity contribution in [1.29, 1.82) is 0 Å². The van der Waals surface area contributed by atoms with Gasteiger partial charge in [0.2, 0.25) is 0 Å². The van der Waals surface area contributed by atoms with Gasteiger partial charge in [-0.2, -0.15) is 0 Å². The maximum absolute atomic E-state index is 12.4. The highest BCUT2D eigenvalue weighted by atomic mass is 16.6. The molecule has 0 aliphatic carbocycles. The van der Waals surface area contributed by atoms with Crippen molar-refractivity contribution in [2.45, 2.75) is 13.5 Å². The van der Waals surface area contributed by atoms with Gasteiger partial charge in [-0.15, -0.1) is 0 Å². The molecule has 29 heavy (non-hydrogen) atoms. The first-order valence-corrected chi connectivity index (χ1v) is 8.94. The van der Waals surface area contributed by atoms with Crippen molar-refractivity contribution < 1.29 is 9.72 Å². The third-order valence-corrected chi connectivity index (χ3v) is 4.37. The molecule has 0 saturated carbocycles. The maximum atomic E-state index is 12.4. The molecule has 0 saturated heterocycles. The van der Waals surface area contributed by atoms with E-state index in [1.165, 1.54) is 22.8 Å². The van der Waals surface area contributed by atoms with Crippen LogP contribution in [0, 0.1) is 10.1 Å². The highest BCUT2D eigenvalue weighted by Gasteiger charge is 2.10. The largest absolute Gasteiger partial charge is 0.383 e. The number of non-ortho nitro benzene ring substituents is 1. The summed E-state index contributed by atoms with van der Waals surface area (Å²) < 4.78 is 1.35. The van der Waals surface area contributed by atoms with Gasteiger partial charge in [0, 0.05) is 43.0 Å². The van der Waals surface area contributed by atoms with E-state index >= 15 is 0 Å². The van der Waals surface area contributed by atoms with E-state index in [1.54, 1.807) is 31.2 Å². The number of nitro groups is 1. The fraction of sp³-hybridized carbons (Fsp3) is 0.211. The summed E-state index contributed by atoms with van der Waals surface area (Å²) in [6, 6.07) is 10.7. The SMILES string of the molecule is CCn1c(=O)c(=O)[nH]c2cc(C(=O)NCCNc3ccc([N+](=O)[O-])cc3)ccc21. The lowest BCUT2D eigenvalue weighted by atomic mass is 10.1. The number of H-pyrrole nitrogens is 1. The zero-order chi connectivity index (χ0) is 21.0. The van der Waals surface area contributed by atoms with Crippen LogP contribution in [0.5, 0.6) is 0 Å². The zero-order valence-electron chi connectivity index (χ0n) is 15.6. The van der Waals surface area contributed by atoms with E-state index in [2.05, 4.69) is 15.6 Å². The Morgan fingerprint density at radius 1 is 1.14 bits per heavy atom. The summed E-state index contributed by atoms with van der Waals surface area (Å²) in [6.45, 7) is 2.85. The summed E-state index contributed by atoms with van der Waals surface area (Å²) in [6.07, 6.45) is 0. The van der Waals surface area contributed by atoms with Crippen LogP contribution in [0.15, 0.2) is 52.1 Å². The number of carbonyl (C=O) groups is 1. The highest BCUT2D eigenvalue weighted by molar-refractivity contribution is 5.97. The molecular weight excluding hydrogens is 378 g/mol. The molecular formula is C19H19N5O5. The van der Waals surface area contributed by atoms with Crippen LogP contribution in [0.1, 0.15) is 17.3 Å². The average Bonchev–Trinajstić information content (AvgIpc) is 2.72. The Kier molecular flexibility index (Phi) is 5.72. The molecule has 0 aliphatic heterocycles. The number of hydrogen-bond donors (Lipinski definition) is 3. The van der Waals surface area contributed by atoms with E-state index in [-0.39, 0.29) is 11.6 Å². The van der Waals surface area contributed by atoms with Crippen molar-refractivity contribution in [3.8, 4) is 0 Å². The quantitative estimate of drug-likeness (QED) is 0.239. The number of aromatic amines is 1. The van der Waals surface area contributed by atoms with Crippen LogP contribution < -0.4 is 21.8 Å². The number of rotatable bonds is 7. The number of amides is 1. The van der Waals surface area contributed by atoms with E-state index in [9.17, 15) is 24.5 Å². The van der Waals surface area contributed by atoms with Gasteiger partial charge in [-0.05, 0) is 37.3 Å². The van der Waals surface area contributed by atoms with Crippen LogP contribution >= 0.6 is 0 Å². The second-order valence-corrected chi connectivity index (χ2v) is 6.22. The molecule has 3 N–H and O–H groups in total. The number of aromatic nitrogens is 2. The number of nitrogens with one attached hydrogen (secondary N) is 3. The first-order valence-electron chi connectivity index (χ1n) is 8.94. The van der Waals surface area contributed by atoms with Crippen LogP contribution in [-0.2, 0) is 6.54 Å². The molecule has 3 aromatic rings. The molecule has 1 aromatic heterocycles. The van der Waals surface area contributed by atoms with Gasteiger partial charge in [0.1, 0.15) is 0 Å². The Hall–Kier alpha value is -3.95. The molecule has 2 aromatic carbocycles. The van der Waals surface area contributed by atoms with Gasteiger partial charge >= 0.3 is 11.1 Å². The van der Waals surface area contributed by atoms with Crippen LogP contribution in [0.3, 0.4) is 0 Å². The summed E-state index contributed by atoms with van der Waals surface area (Å²) in [7, 11) is 0. The minimum Gasteiger partial charge on any atom is -0.383 e. The zero-order valence-corrected chi connectivity index (χ0v) is 15.6. The second kappa shape index (κ2) is 8.38. The van der Waals surface area contributed by atoms with Gasteiger partial charge in [-0.1, -0.05) is 0 Å². The Morgan fingerprint density at radius 3 is 2.52 bits per heavy atom. The van der Waals surface area contributed by atoms with Gasteiger partial charge in [-0.25, -0.2) is 0 Å². The number of fused-ring (bicyclic) bond motifs is 1. The van der Waals surface area contributed by atoms with Crippen LogP contribution in [-0.4, -0.2) is 33.5 Å². The Bertz CT molecular complexity index is 1180. The van der Waals surface area contributed by atoms with Crippen molar-refractivity contribution >= 4 is 28.3 Å². The lowest BCUT2D eigenvalue weighted by molar-refractivity contribution is -0.384. The second-order valence-electron chi connectivity index (χ2n) is 6.22. The number of hydrogen-bond acceptors (Lipinski definition) is 6. The molecule has 150 valence electrons. The van der Waals surface area contributed by atoms with E-state index in [4.69, 9.17) is 0 Å². The third-order valence-electron chi connectivity index (χ3n) is 4.37. The minimum atomic E-state index is -0.732. The molecule has 0 spiro atoms. The number of anilines is 1. The summed E-state index contributed by atoms with van der Waals surface area (Å²) in [5, 5.41) is 16.4. The van der Waals surface area contributed by atoms with E-state index in [0.717, 1.165) is 0 Å². The monoisotopic (exact) mass is 397 g/mol. The molecule has 0 unspecified atom stereocenters. The van der Waals surface area contributed by atoms with Gasteiger partial charge in [0.15, 0.2) is 0 Å². The summed E-state index contributed by atoms with van der Waals surface area (Å²) in [5.41, 5.74) is 0.655. The molecule has 3 rings (SSSR count). The van der Waals surface area contributed by atoms with Crippen molar-refractivity contribution in [2.24, 2.45) is 0 Å². The van der Waals surface area contributed by atoms with Crippen LogP contribution in [0.25, 0.3) is 11.0 Å². The Morgan fingerprint density at radius 2 is 1.86 bits per heavy atom. The fourth-order valence-corrected chi connectivity index (χ4v) is 2.92. The molecule has 0 radical (unpaired) electrons. The first kappa shape index (κ1) is 19.8. The molecule has 0 fully saturated rings. The molecule has 10 heteroatoms. The standard InChI is InChI=1S/C19H19N5O5/c1-2-23-16-8-3-12(11-15(16)22-18(26)19(23)27)17(25)21-10-9-20-13-4-6-14(7-5-13)24(28)29/h3-8,11,20H,2,9-10H2,1H3,(H,21,25)(H,22,26). The number of benzene rings is 2. The lowest BCUT2D eigenvalue weighted by Crippen LogP contribution is -2.36. The molecule has 0 atom stereocenters. The molecule has 10 nitrogen and oxygen atoms in total. The Balaban J connectivity index is 1.62. The predicted molar refractivity (Wildman–Crippen MR) is 108 cm³/mol. The van der Waals surface area contributed by atoms with Crippen molar-refractivity contribution in [3.63, 3.8) is 0 Å². The van der Waals surface area contributed by atoms with Gasteiger partial charge in [0.05, 0.1) is 16.0 Å². The van der Waals surface area contributed by atoms with Crippen molar-refractivity contribution in [2.75, 3.05) is 18.4 Å². The number of aryl methyl sites for hydroxylation is 1. The normalized spacial score (nSPS) is 10.7. The van der Waals surface area contributed by atoms with Crippen molar-refractivity contribution in [1.82, 2.24) is 14.9 Å². The maximum Gasteiger partial charge on any atom is 0.316 e. The smallest absolute Gasteiger partial charge is 0.316 e. The summed E-state index contributed by atoms with van der Waals surface area (Å²) in [4.78, 5) is 48.7. The molecule has 1 amide bonds. The minimum absolute atomic E-state index is 0.00620. The van der Waals surface area contributed by atoms with Gasteiger partial charge in [0.25, 0.3) is 11.6 Å². The third kappa shape index (κ3) is 4.32. The number of carbonyl (C=O) groups excluding carboxylic acids is 1. The molecule has 0 aliphatic rings.